The van der Waals surface area contributed by atoms with Gasteiger partial charge in [-0.25, -0.2) is 0 Å². The summed E-state index contributed by atoms with van der Waals surface area (Å²) in [5, 5.41) is 0. The van der Waals surface area contributed by atoms with Crippen LogP contribution in [0.4, 0.5) is 0 Å². The highest BCUT2D eigenvalue weighted by Gasteiger charge is 2.18. The quantitative estimate of drug-likeness (QED) is 0.239. The van der Waals surface area contributed by atoms with Crippen LogP contribution in [0.3, 0.4) is 0 Å². The van der Waals surface area contributed by atoms with Gasteiger partial charge >= 0.3 is 0 Å². The van der Waals surface area contributed by atoms with Gasteiger partial charge in [0.2, 0.25) is 0 Å². The van der Waals surface area contributed by atoms with Crippen molar-refractivity contribution in [1.82, 2.24) is 0 Å². The topological polar surface area (TPSA) is 9.23 Å². The zero-order valence-electron chi connectivity index (χ0n) is 17.7. The number of ether oxygens (including phenoxy) is 1. The average molecular weight is 536 g/mol. The number of hydrogen-bond donors (Lipinski definition) is 0. The van der Waals surface area contributed by atoms with Crippen LogP contribution >= 0.6 is 31.9 Å². The summed E-state index contributed by atoms with van der Waals surface area (Å²) in [5.74, 6) is 1.65. The molecule has 4 rings (SSSR count). The van der Waals surface area contributed by atoms with Crippen LogP contribution in [0.15, 0.2) is 93.9 Å². The average Bonchev–Trinajstić information content (AvgIpc) is 2.81. The molecule has 0 fully saturated rings. The molecule has 31 heavy (non-hydrogen) atoms. The Balaban J connectivity index is 1.89. The largest absolute Gasteiger partial charge is 0.454 e. The Bertz CT molecular complexity index is 1120. The van der Waals surface area contributed by atoms with E-state index in [9.17, 15) is 0 Å². The van der Waals surface area contributed by atoms with Crippen molar-refractivity contribution in [3.05, 3.63) is 105 Å². The van der Waals surface area contributed by atoms with E-state index >= 15 is 0 Å². The van der Waals surface area contributed by atoms with Gasteiger partial charge in [0.05, 0.1) is 8.95 Å². The second-order valence-corrected chi connectivity index (χ2v) is 9.07. The standard InChI is InChI=1S/C28H24Br2O/c1-3-19-11-5-7-13-21(19)23-15-9-17-25(29)27(23)31-28-24(16-10-18-26(28)30)22-14-8-6-12-20(22)4-2/h5-18H,3-4H2,1-2H3. The third-order valence-corrected chi connectivity index (χ3v) is 6.76. The molecule has 0 spiro atoms. The van der Waals surface area contributed by atoms with E-state index in [4.69, 9.17) is 4.74 Å². The molecular formula is C28H24Br2O. The first-order valence-electron chi connectivity index (χ1n) is 10.6. The summed E-state index contributed by atoms with van der Waals surface area (Å²) >= 11 is 7.48. The van der Waals surface area contributed by atoms with Gasteiger partial charge in [-0.05, 0) is 79.1 Å². The van der Waals surface area contributed by atoms with Gasteiger partial charge in [0.15, 0.2) is 0 Å². The Morgan fingerprint density at radius 2 is 0.903 bits per heavy atom. The zero-order chi connectivity index (χ0) is 21.8. The van der Waals surface area contributed by atoms with Crippen LogP contribution in [0, 0.1) is 0 Å². The van der Waals surface area contributed by atoms with Gasteiger partial charge in [-0.3, -0.25) is 0 Å². The molecule has 0 aromatic heterocycles. The molecular weight excluding hydrogens is 512 g/mol. The van der Waals surface area contributed by atoms with Gasteiger partial charge in [-0.2, -0.15) is 0 Å². The molecule has 0 radical (unpaired) electrons. The maximum atomic E-state index is 6.72. The minimum Gasteiger partial charge on any atom is -0.454 e. The fraction of sp³-hybridized carbons (Fsp3) is 0.143. The molecule has 0 bridgehead atoms. The summed E-state index contributed by atoms with van der Waals surface area (Å²) in [5.41, 5.74) is 7.16. The third kappa shape index (κ3) is 4.49. The summed E-state index contributed by atoms with van der Waals surface area (Å²) in [6.45, 7) is 4.37. The van der Waals surface area contributed by atoms with Crippen LogP contribution in [0.25, 0.3) is 22.3 Å². The molecule has 0 atom stereocenters. The van der Waals surface area contributed by atoms with Crippen molar-refractivity contribution < 1.29 is 4.74 Å². The van der Waals surface area contributed by atoms with Crippen LogP contribution in [0.5, 0.6) is 11.5 Å². The number of aryl methyl sites for hydroxylation is 2. The van der Waals surface area contributed by atoms with Gasteiger partial charge in [0.1, 0.15) is 11.5 Å². The molecule has 0 aliphatic heterocycles. The molecule has 156 valence electrons. The Morgan fingerprint density at radius 3 is 1.32 bits per heavy atom. The molecule has 0 saturated carbocycles. The molecule has 0 aliphatic rings. The molecule has 3 heteroatoms. The molecule has 0 amide bonds. The Morgan fingerprint density at radius 1 is 0.516 bits per heavy atom. The lowest BCUT2D eigenvalue weighted by Gasteiger charge is -2.19. The molecule has 0 N–H and O–H groups in total. The minimum absolute atomic E-state index is 0.825. The highest BCUT2D eigenvalue weighted by atomic mass is 79.9. The highest BCUT2D eigenvalue weighted by Crippen LogP contribution is 2.46. The van der Waals surface area contributed by atoms with E-state index in [0.717, 1.165) is 44.4 Å². The number of para-hydroxylation sites is 2. The number of rotatable bonds is 6. The second-order valence-electron chi connectivity index (χ2n) is 7.36. The molecule has 0 unspecified atom stereocenters. The normalized spacial score (nSPS) is 10.8. The second kappa shape index (κ2) is 9.84. The highest BCUT2D eigenvalue weighted by molar-refractivity contribution is 9.11. The van der Waals surface area contributed by atoms with E-state index < -0.39 is 0 Å². The van der Waals surface area contributed by atoms with E-state index in [1.807, 2.05) is 12.1 Å². The molecule has 1 nitrogen and oxygen atoms in total. The van der Waals surface area contributed by atoms with E-state index in [1.54, 1.807) is 0 Å². The lowest BCUT2D eigenvalue weighted by molar-refractivity contribution is 0.480. The summed E-state index contributed by atoms with van der Waals surface area (Å²) in [4.78, 5) is 0. The molecule has 0 saturated heterocycles. The maximum absolute atomic E-state index is 6.72. The van der Waals surface area contributed by atoms with Crippen LogP contribution in [-0.2, 0) is 12.8 Å². The van der Waals surface area contributed by atoms with Crippen molar-refractivity contribution in [3.8, 4) is 33.8 Å². The van der Waals surface area contributed by atoms with Gasteiger partial charge in [-0.1, -0.05) is 86.6 Å². The predicted molar refractivity (Wildman–Crippen MR) is 138 cm³/mol. The van der Waals surface area contributed by atoms with E-state index in [0.29, 0.717) is 0 Å². The van der Waals surface area contributed by atoms with Crippen molar-refractivity contribution >= 4 is 31.9 Å². The van der Waals surface area contributed by atoms with Gasteiger partial charge < -0.3 is 4.74 Å². The lowest BCUT2D eigenvalue weighted by atomic mass is 9.96. The van der Waals surface area contributed by atoms with E-state index in [2.05, 4.69) is 119 Å². The van der Waals surface area contributed by atoms with E-state index in [-0.39, 0.29) is 0 Å². The minimum atomic E-state index is 0.825. The predicted octanol–water partition coefficient (Wildman–Crippen LogP) is 9.46. The van der Waals surface area contributed by atoms with Crippen molar-refractivity contribution in [2.24, 2.45) is 0 Å². The Hall–Kier alpha value is -2.36. The summed E-state index contributed by atoms with van der Waals surface area (Å²) < 4.78 is 8.58. The summed E-state index contributed by atoms with van der Waals surface area (Å²) in [7, 11) is 0. The van der Waals surface area contributed by atoms with Crippen LogP contribution < -0.4 is 4.74 Å². The first-order valence-corrected chi connectivity index (χ1v) is 12.1. The first-order chi connectivity index (χ1) is 15.1. The van der Waals surface area contributed by atoms with Crippen LogP contribution in [0.1, 0.15) is 25.0 Å². The lowest BCUT2D eigenvalue weighted by Crippen LogP contribution is -1.96. The number of halogens is 2. The third-order valence-electron chi connectivity index (χ3n) is 5.51. The SMILES string of the molecule is CCc1ccccc1-c1cccc(Br)c1Oc1c(Br)cccc1-c1ccccc1CC. The monoisotopic (exact) mass is 534 g/mol. The number of hydrogen-bond acceptors (Lipinski definition) is 1. The summed E-state index contributed by atoms with van der Waals surface area (Å²) in [6.07, 6.45) is 1.93. The Kier molecular flexibility index (Phi) is 6.94. The number of benzene rings is 4. The molecule has 4 aromatic rings. The van der Waals surface area contributed by atoms with Gasteiger partial charge in [-0.15, -0.1) is 0 Å². The van der Waals surface area contributed by atoms with E-state index in [1.165, 1.54) is 22.3 Å². The fourth-order valence-electron chi connectivity index (χ4n) is 3.93. The summed E-state index contributed by atoms with van der Waals surface area (Å²) in [6, 6.07) is 29.5. The Labute approximate surface area is 201 Å². The van der Waals surface area contributed by atoms with Crippen molar-refractivity contribution in [3.63, 3.8) is 0 Å². The van der Waals surface area contributed by atoms with Crippen molar-refractivity contribution in [2.45, 2.75) is 26.7 Å². The smallest absolute Gasteiger partial charge is 0.149 e. The molecule has 4 aromatic carbocycles. The molecule has 0 heterocycles. The zero-order valence-corrected chi connectivity index (χ0v) is 20.8. The van der Waals surface area contributed by atoms with Crippen LogP contribution in [-0.4, -0.2) is 0 Å². The van der Waals surface area contributed by atoms with Gasteiger partial charge in [0, 0.05) is 11.1 Å². The van der Waals surface area contributed by atoms with Gasteiger partial charge in [0.25, 0.3) is 0 Å². The first kappa shape index (κ1) is 21.9. The van der Waals surface area contributed by atoms with Crippen molar-refractivity contribution in [2.75, 3.05) is 0 Å². The fourth-order valence-corrected chi connectivity index (χ4v) is 4.83. The molecule has 0 aliphatic carbocycles. The van der Waals surface area contributed by atoms with Crippen LogP contribution in [0.2, 0.25) is 0 Å². The van der Waals surface area contributed by atoms with Crippen molar-refractivity contribution in [1.29, 1.82) is 0 Å². The maximum Gasteiger partial charge on any atom is 0.149 e.